The smallest absolute Gasteiger partial charge is 0.312 e. The first-order valence-electron chi connectivity index (χ1n) is 8.37. The second kappa shape index (κ2) is 9.39. The largest absolute Gasteiger partial charge is 0.366 e. The number of benzene rings is 2. The molecule has 0 bridgehead atoms. The Morgan fingerprint density at radius 1 is 0.833 bits per heavy atom. The summed E-state index contributed by atoms with van der Waals surface area (Å²) in [6.45, 7) is 0. The molecule has 1 aliphatic carbocycles. The molecule has 0 fully saturated rings. The van der Waals surface area contributed by atoms with E-state index in [0.29, 0.717) is 16.3 Å². The average Bonchev–Trinajstić information content (AvgIpc) is 2.77. The van der Waals surface area contributed by atoms with Crippen LogP contribution in [0.25, 0.3) is 0 Å². The number of oxime groups is 2. The third kappa shape index (κ3) is 5.46. The first-order valence-corrected chi connectivity index (χ1v) is 8.75. The highest BCUT2D eigenvalue weighted by Gasteiger charge is 2.13. The van der Waals surface area contributed by atoms with E-state index >= 15 is 0 Å². The number of non-ortho nitro benzene ring substituents is 1. The summed E-state index contributed by atoms with van der Waals surface area (Å²) in [5, 5.41) is 18.6. The number of hydrogen-bond donors (Lipinski definition) is 0. The van der Waals surface area contributed by atoms with Gasteiger partial charge in [-0.25, -0.2) is 9.59 Å². The van der Waals surface area contributed by atoms with Gasteiger partial charge in [-0.3, -0.25) is 10.1 Å². The number of halogens is 1. The normalized spacial score (nSPS) is 12.3. The highest BCUT2D eigenvalue weighted by Crippen LogP contribution is 2.14. The monoisotopic (exact) mass is 425 g/mol. The van der Waals surface area contributed by atoms with E-state index < -0.39 is 16.9 Å². The van der Waals surface area contributed by atoms with Crippen molar-refractivity contribution in [3.63, 3.8) is 0 Å². The van der Waals surface area contributed by atoms with Crippen molar-refractivity contribution in [2.45, 2.75) is 0 Å². The topological polar surface area (TPSA) is 120 Å². The highest BCUT2D eigenvalue weighted by molar-refractivity contribution is 6.30. The molecule has 30 heavy (non-hydrogen) atoms. The van der Waals surface area contributed by atoms with Crippen molar-refractivity contribution in [3.8, 4) is 0 Å². The summed E-state index contributed by atoms with van der Waals surface area (Å²) >= 11 is 5.76. The van der Waals surface area contributed by atoms with Gasteiger partial charge in [0.05, 0.1) is 16.1 Å². The van der Waals surface area contributed by atoms with Crippen molar-refractivity contribution in [1.82, 2.24) is 0 Å². The SMILES string of the molecule is O=C(ON=C1C=CC(=NOC(=O)c2cccc([N+](=O)[O-])c2)C=C1)c1ccc(Cl)cc1. The van der Waals surface area contributed by atoms with Gasteiger partial charge in [-0.2, -0.15) is 0 Å². The molecule has 0 amide bonds. The molecule has 10 heteroatoms. The molecule has 0 spiro atoms. The van der Waals surface area contributed by atoms with E-state index in [4.69, 9.17) is 21.3 Å². The van der Waals surface area contributed by atoms with E-state index in [9.17, 15) is 19.7 Å². The molecule has 9 nitrogen and oxygen atoms in total. The van der Waals surface area contributed by atoms with Crippen LogP contribution < -0.4 is 0 Å². The Bertz CT molecular complexity index is 1100. The Labute approximate surface area is 174 Å². The fourth-order valence-electron chi connectivity index (χ4n) is 2.20. The quantitative estimate of drug-likeness (QED) is 0.308. The maximum atomic E-state index is 12.0. The molecule has 2 aromatic rings. The zero-order chi connectivity index (χ0) is 21.5. The number of nitro groups is 1. The molecule has 0 saturated heterocycles. The summed E-state index contributed by atoms with van der Waals surface area (Å²) in [6, 6.07) is 11.2. The van der Waals surface area contributed by atoms with Crippen LogP contribution in [0.1, 0.15) is 20.7 Å². The Balaban J connectivity index is 1.57. The summed E-state index contributed by atoms with van der Waals surface area (Å²) in [4.78, 5) is 43.7. The standard InChI is InChI=1S/C20H12ClN3O6/c21-15-6-4-13(5-7-15)19(25)29-22-16-8-10-17(11-9-16)23-30-20(26)14-2-1-3-18(12-14)24(27)28/h1-12H. The van der Waals surface area contributed by atoms with Gasteiger partial charge < -0.3 is 9.68 Å². The van der Waals surface area contributed by atoms with Gasteiger partial charge in [0, 0.05) is 17.2 Å². The van der Waals surface area contributed by atoms with Gasteiger partial charge in [0.2, 0.25) is 0 Å². The van der Waals surface area contributed by atoms with Crippen LogP contribution >= 0.6 is 11.6 Å². The zero-order valence-electron chi connectivity index (χ0n) is 15.1. The van der Waals surface area contributed by atoms with Gasteiger partial charge in [-0.1, -0.05) is 28.0 Å². The summed E-state index contributed by atoms with van der Waals surface area (Å²) in [5.74, 6) is -1.49. The van der Waals surface area contributed by atoms with Crippen LogP contribution in [0.4, 0.5) is 5.69 Å². The fourth-order valence-corrected chi connectivity index (χ4v) is 2.33. The van der Waals surface area contributed by atoms with E-state index in [1.54, 1.807) is 12.1 Å². The Hall–Kier alpha value is -4.11. The molecule has 0 heterocycles. The number of carbonyl (C=O) groups excluding carboxylic acids is 2. The van der Waals surface area contributed by atoms with Gasteiger partial charge in [0.15, 0.2) is 0 Å². The van der Waals surface area contributed by atoms with Gasteiger partial charge in [0.1, 0.15) is 11.4 Å². The lowest BCUT2D eigenvalue weighted by molar-refractivity contribution is -0.384. The van der Waals surface area contributed by atoms with Crippen LogP contribution in [-0.4, -0.2) is 28.3 Å². The molecule has 0 aromatic heterocycles. The summed E-state index contributed by atoms with van der Waals surface area (Å²) in [7, 11) is 0. The maximum absolute atomic E-state index is 12.0. The van der Waals surface area contributed by atoms with Crippen LogP contribution in [0.3, 0.4) is 0 Å². The van der Waals surface area contributed by atoms with E-state index in [-0.39, 0.29) is 17.0 Å². The minimum atomic E-state index is -0.843. The molecule has 3 rings (SSSR count). The van der Waals surface area contributed by atoms with Gasteiger partial charge in [-0.15, -0.1) is 0 Å². The minimum absolute atomic E-state index is 0.00585. The van der Waals surface area contributed by atoms with Gasteiger partial charge in [0.25, 0.3) is 5.69 Å². The van der Waals surface area contributed by atoms with E-state index in [2.05, 4.69) is 10.3 Å². The molecule has 0 saturated carbocycles. The molecule has 1 aliphatic rings. The summed E-state index contributed by atoms with van der Waals surface area (Å²) < 4.78 is 0. The molecular weight excluding hydrogens is 414 g/mol. The lowest BCUT2D eigenvalue weighted by Gasteiger charge is -2.03. The van der Waals surface area contributed by atoms with Crippen molar-refractivity contribution in [3.05, 3.63) is 99.1 Å². The second-order valence-electron chi connectivity index (χ2n) is 5.77. The fraction of sp³-hybridized carbons (Fsp3) is 0. The maximum Gasteiger partial charge on any atom is 0.366 e. The van der Waals surface area contributed by atoms with Crippen LogP contribution in [-0.2, 0) is 9.68 Å². The molecular formula is C20H12ClN3O6. The van der Waals surface area contributed by atoms with Crippen molar-refractivity contribution >= 4 is 40.7 Å². The molecule has 0 radical (unpaired) electrons. The zero-order valence-corrected chi connectivity index (χ0v) is 15.9. The summed E-state index contributed by atoms with van der Waals surface area (Å²) in [6.07, 6.45) is 5.95. The Kier molecular flexibility index (Phi) is 6.46. The van der Waals surface area contributed by atoms with Crippen molar-refractivity contribution in [2.24, 2.45) is 10.3 Å². The predicted molar refractivity (Wildman–Crippen MR) is 109 cm³/mol. The van der Waals surface area contributed by atoms with E-state index in [0.717, 1.165) is 6.07 Å². The molecule has 0 unspecified atom stereocenters. The van der Waals surface area contributed by atoms with Gasteiger partial charge >= 0.3 is 11.9 Å². The van der Waals surface area contributed by atoms with Crippen molar-refractivity contribution in [1.29, 1.82) is 0 Å². The highest BCUT2D eigenvalue weighted by atomic mass is 35.5. The lowest BCUT2D eigenvalue weighted by atomic mass is 10.1. The lowest BCUT2D eigenvalue weighted by Crippen LogP contribution is -2.07. The van der Waals surface area contributed by atoms with Crippen molar-refractivity contribution in [2.75, 3.05) is 0 Å². The first-order chi connectivity index (χ1) is 14.4. The van der Waals surface area contributed by atoms with E-state index in [1.807, 2.05) is 0 Å². The second-order valence-corrected chi connectivity index (χ2v) is 6.21. The molecule has 0 atom stereocenters. The van der Waals surface area contributed by atoms with Gasteiger partial charge in [-0.05, 0) is 54.6 Å². The molecule has 2 aromatic carbocycles. The number of carbonyl (C=O) groups is 2. The average molecular weight is 426 g/mol. The minimum Gasteiger partial charge on any atom is -0.312 e. The molecule has 150 valence electrons. The van der Waals surface area contributed by atoms with Crippen LogP contribution in [0.15, 0.2) is 83.1 Å². The van der Waals surface area contributed by atoms with Crippen LogP contribution in [0.5, 0.6) is 0 Å². The van der Waals surface area contributed by atoms with E-state index in [1.165, 1.54) is 54.6 Å². The number of allylic oxidation sites excluding steroid dienone is 4. The van der Waals surface area contributed by atoms with Crippen LogP contribution in [0.2, 0.25) is 5.02 Å². The third-order valence-electron chi connectivity index (χ3n) is 3.69. The number of hydrogen-bond acceptors (Lipinski definition) is 8. The Morgan fingerprint density at radius 2 is 1.37 bits per heavy atom. The molecule has 0 aliphatic heterocycles. The number of rotatable bonds is 5. The van der Waals surface area contributed by atoms with Crippen molar-refractivity contribution < 1.29 is 24.2 Å². The Morgan fingerprint density at radius 3 is 1.90 bits per heavy atom. The predicted octanol–water partition coefficient (Wildman–Crippen LogP) is 4.10. The summed E-state index contributed by atoms with van der Waals surface area (Å²) in [5.41, 5.74) is 0.679. The molecule has 0 N–H and O–H groups in total. The number of nitro benzene ring substituents is 1. The van der Waals surface area contributed by atoms with Crippen LogP contribution in [0, 0.1) is 10.1 Å². The number of nitrogens with zero attached hydrogens (tertiary/aromatic N) is 3. The third-order valence-corrected chi connectivity index (χ3v) is 3.94. The first kappa shape index (κ1) is 20.6.